The standard InChI is InChI=1S/C18H14N4O4/c1-9-16(10(2)20(3)19-9)21-17(23)12-6-4-5-11-14(22(25)26)8-7-13(15(11)12)18(21)24/h4-8H,1-3H3. The largest absolute Gasteiger partial charge is 0.277 e. The summed E-state index contributed by atoms with van der Waals surface area (Å²) in [4.78, 5) is 38.1. The lowest BCUT2D eigenvalue weighted by Crippen LogP contribution is -2.41. The summed E-state index contributed by atoms with van der Waals surface area (Å²) in [5.74, 6) is -1.01. The Morgan fingerprint density at radius 2 is 1.69 bits per heavy atom. The molecule has 2 heterocycles. The molecule has 0 saturated carbocycles. The molecule has 0 saturated heterocycles. The van der Waals surface area contributed by atoms with Gasteiger partial charge in [0.2, 0.25) is 0 Å². The first-order chi connectivity index (χ1) is 12.3. The lowest BCUT2D eigenvalue weighted by molar-refractivity contribution is -0.383. The van der Waals surface area contributed by atoms with Gasteiger partial charge in [0.05, 0.1) is 27.4 Å². The van der Waals surface area contributed by atoms with E-state index >= 15 is 0 Å². The van der Waals surface area contributed by atoms with Crippen molar-refractivity contribution in [3.05, 3.63) is 63.0 Å². The number of anilines is 1. The van der Waals surface area contributed by atoms with Gasteiger partial charge < -0.3 is 0 Å². The Kier molecular flexibility index (Phi) is 3.20. The minimum Gasteiger partial charge on any atom is -0.270 e. The van der Waals surface area contributed by atoms with Crippen LogP contribution in [0.15, 0.2) is 30.3 Å². The average molecular weight is 350 g/mol. The van der Waals surface area contributed by atoms with Crippen molar-refractivity contribution in [3.63, 3.8) is 0 Å². The highest BCUT2D eigenvalue weighted by atomic mass is 16.6. The second-order valence-electron chi connectivity index (χ2n) is 6.21. The van der Waals surface area contributed by atoms with Crippen molar-refractivity contribution in [1.82, 2.24) is 9.78 Å². The fraction of sp³-hybridized carbons (Fsp3) is 0.167. The molecule has 8 heteroatoms. The summed E-state index contributed by atoms with van der Waals surface area (Å²) in [5.41, 5.74) is 2.09. The van der Waals surface area contributed by atoms with E-state index in [0.29, 0.717) is 22.5 Å². The van der Waals surface area contributed by atoms with Crippen LogP contribution < -0.4 is 4.90 Å². The number of hydrogen-bond donors (Lipinski definition) is 0. The topological polar surface area (TPSA) is 98.3 Å². The first kappa shape index (κ1) is 15.9. The number of aromatic nitrogens is 2. The normalized spacial score (nSPS) is 13.6. The first-order valence-electron chi connectivity index (χ1n) is 7.92. The van der Waals surface area contributed by atoms with Crippen molar-refractivity contribution in [3.8, 4) is 0 Å². The number of benzene rings is 2. The molecule has 2 amide bonds. The molecule has 3 aromatic rings. The number of nitro benzene ring substituents is 1. The molecule has 26 heavy (non-hydrogen) atoms. The van der Waals surface area contributed by atoms with E-state index < -0.39 is 16.7 Å². The summed E-state index contributed by atoms with van der Waals surface area (Å²) in [6, 6.07) is 7.43. The molecule has 0 atom stereocenters. The van der Waals surface area contributed by atoms with Crippen molar-refractivity contribution in [2.45, 2.75) is 13.8 Å². The van der Waals surface area contributed by atoms with Crippen LogP contribution in [0.3, 0.4) is 0 Å². The summed E-state index contributed by atoms with van der Waals surface area (Å²) in [6.07, 6.45) is 0. The van der Waals surface area contributed by atoms with Crippen LogP contribution in [0.2, 0.25) is 0 Å². The number of carbonyl (C=O) groups is 2. The van der Waals surface area contributed by atoms with Crippen molar-refractivity contribution >= 4 is 34.0 Å². The van der Waals surface area contributed by atoms with Gasteiger partial charge in [-0.15, -0.1) is 0 Å². The van der Waals surface area contributed by atoms with E-state index in [-0.39, 0.29) is 22.2 Å². The summed E-state index contributed by atoms with van der Waals surface area (Å²) in [6.45, 7) is 3.51. The SMILES string of the molecule is Cc1nn(C)c(C)c1N1C(=O)c2cccc3c([N+](=O)[O-])ccc(c23)C1=O. The molecule has 0 radical (unpaired) electrons. The highest BCUT2D eigenvalue weighted by Crippen LogP contribution is 2.38. The molecule has 0 aliphatic carbocycles. The van der Waals surface area contributed by atoms with Crippen LogP contribution in [0.5, 0.6) is 0 Å². The minimum atomic E-state index is -0.514. The average Bonchev–Trinajstić information content (AvgIpc) is 2.85. The third kappa shape index (κ3) is 1.92. The summed E-state index contributed by atoms with van der Waals surface area (Å²) in [7, 11) is 1.74. The monoisotopic (exact) mass is 350 g/mol. The van der Waals surface area contributed by atoms with E-state index in [1.165, 1.54) is 12.1 Å². The van der Waals surface area contributed by atoms with Crippen LogP contribution in [0.1, 0.15) is 32.1 Å². The molecule has 130 valence electrons. The molecule has 4 rings (SSSR count). The zero-order valence-corrected chi connectivity index (χ0v) is 14.3. The third-order valence-corrected chi connectivity index (χ3v) is 4.78. The van der Waals surface area contributed by atoms with Crippen LogP contribution in [0.4, 0.5) is 11.4 Å². The van der Waals surface area contributed by atoms with Gasteiger partial charge in [0.1, 0.15) is 0 Å². The Balaban J connectivity index is 2.04. The number of nitro groups is 1. The molecule has 0 bridgehead atoms. The number of hydrogen-bond acceptors (Lipinski definition) is 5. The Morgan fingerprint density at radius 1 is 1.04 bits per heavy atom. The van der Waals surface area contributed by atoms with Crippen molar-refractivity contribution < 1.29 is 14.5 Å². The van der Waals surface area contributed by atoms with Gasteiger partial charge >= 0.3 is 0 Å². The molecule has 8 nitrogen and oxygen atoms in total. The van der Waals surface area contributed by atoms with Gasteiger partial charge in [-0.2, -0.15) is 5.10 Å². The maximum Gasteiger partial charge on any atom is 0.277 e. The van der Waals surface area contributed by atoms with Crippen LogP contribution in [-0.2, 0) is 7.05 Å². The van der Waals surface area contributed by atoms with E-state index in [1.807, 2.05) is 0 Å². The zero-order chi connectivity index (χ0) is 18.7. The lowest BCUT2D eigenvalue weighted by atomic mass is 9.92. The van der Waals surface area contributed by atoms with Gasteiger partial charge in [-0.05, 0) is 32.0 Å². The number of imide groups is 1. The molecular formula is C18H14N4O4. The molecule has 1 aliphatic rings. The number of carbonyl (C=O) groups excluding carboxylic acids is 2. The maximum atomic E-state index is 13.1. The highest BCUT2D eigenvalue weighted by molar-refractivity contribution is 6.36. The van der Waals surface area contributed by atoms with Gasteiger partial charge in [-0.25, -0.2) is 4.90 Å². The predicted octanol–water partition coefficient (Wildman–Crippen LogP) is 2.90. The highest BCUT2D eigenvalue weighted by Gasteiger charge is 2.37. The molecular weight excluding hydrogens is 336 g/mol. The van der Waals surface area contributed by atoms with E-state index in [4.69, 9.17) is 0 Å². The number of amides is 2. The predicted molar refractivity (Wildman–Crippen MR) is 94.4 cm³/mol. The smallest absolute Gasteiger partial charge is 0.270 e. The number of nitrogens with zero attached hydrogens (tertiary/aromatic N) is 4. The quantitative estimate of drug-likeness (QED) is 0.402. The molecule has 0 spiro atoms. The van der Waals surface area contributed by atoms with Crippen LogP contribution >= 0.6 is 0 Å². The fourth-order valence-electron chi connectivity index (χ4n) is 3.53. The number of non-ortho nitro benzene ring substituents is 1. The molecule has 1 aliphatic heterocycles. The molecule has 2 aromatic carbocycles. The van der Waals surface area contributed by atoms with Crippen molar-refractivity contribution in [1.29, 1.82) is 0 Å². The van der Waals surface area contributed by atoms with Crippen LogP contribution in [0, 0.1) is 24.0 Å². The van der Waals surface area contributed by atoms with E-state index in [1.54, 1.807) is 43.8 Å². The fourth-order valence-corrected chi connectivity index (χ4v) is 3.53. The van der Waals surface area contributed by atoms with Gasteiger partial charge in [-0.3, -0.25) is 24.4 Å². The Bertz CT molecular complexity index is 1120. The molecule has 0 N–H and O–H groups in total. The van der Waals surface area contributed by atoms with Gasteiger partial charge in [0, 0.05) is 29.6 Å². The zero-order valence-electron chi connectivity index (χ0n) is 14.3. The summed E-state index contributed by atoms with van der Waals surface area (Å²) in [5, 5.41) is 16.2. The maximum absolute atomic E-state index is 13.1. The van der Waals surface area contributed by atoms with Crippen molar-refractivity contribution in [2.75, 3.05) is 4.90 Å². The summed E-state index contributed by atoms with van der Waals surface area (Å²) < 4.78 is 1.61. The van der Waals surface area contributed by atoms with Crippen LogP contribution in [-0.4, -0.2) is 26.5 Å². The first-order valence-corrected chi connectivity index (χ1v) is 7.92. The number of aryl methyl sites for hydroxylation is 2. The number of rotatable bonds is 2. The van der Waals surface area contributed by atoms with Crippen molar-refractivity contribution in [2.24, 2.45) is 7.05 Å². The van der Waals surface area contributed by atoms with E-state index in [2.05, 4.69) is 5.10 Å². The minimum absolute atomic E-state index is 0.131. The molecule has 1 aromatic heterocycles. The molecule has 0 unspecified atom stereocenters. The Labute approximate surface area is 147 Å². The molecule has 0 fully saturated rings. The van der Waals surface area contributed by atoms with Gasteiger partial charge in [0.15, 0.2) is 0 Å². The van der Waals surface area contributed by atoms with E-state index in [9.17, 15) is 19.7 Å². The summed E-state index contributed by atoms with van der Waals surface area (Å²) >= 11 is 0. The van der Waals surface area contributed by atoms with E-state index in [0.717, 1.165) is 4.90 Å². The Hall–Kier alpha value is -3.55. The van der Waals surface area contributed by atoms with Crippen LogP contribution in [0.25, 0.3) is 10.8 Å². The second-order valence-corrected chi connectivity index (χ2v) is 6.21. The van der Waals surface area contributed by atoms with Gasteiger partial charge in [0.25, 0.3) is 17.5 Å². The van der Waals surface area contributed by atoms with Gasteiger partial charge in [-0.1, -0.05) is 6.07 Å². The lowest BCUT2D eigenvalue weighted by Gasteiger charge is -2.27. The second kappa shape index (κ2) is 5.22. The Morgan fingerprint density at radius 3 is 2.27 bits per heavy atom. The third-order valence-electron chi connectivity index (χ3n) is 4.78.